The number of urea groups is 1. The molecule has 15 heteroatoms. The van der Waals surface area contributed by atoms with Crippen LogP contribution in [-0.4, -0.2) is 58.7 Å². The molecule has 0 aliphatic carbocycles. The molecule has 39 heavy (non-hydrogen) atoms. The lowest BCUT2D eigenvalue weighted by Crippen LogP contribution is -2.36. The average Bonchev–Trinajstić information content (AvgIpc) is 3.55. The van der Waals surface area contributed by atoms with E-state index in [0.29, 0.717) is 28.1 Å². The number of hydrogen-bond acceptors (Lipinski definition) is 6. The van der Waals surface area contributed by atoms with Gasteiger partial charge in [0.05, 0.1) is 34.3 Å². The Morgan fingerprint density at radius 3 is 2.59 bits per heavy atom. The highest BCUT2D eigenvalue weighted by Gasteiger charge is 2.41. The number of hydrogen-bond donors (Lipinski definition) is 2. The maximum absolute atomic E-state index is 14.6. The number of alkyl halides is 7. The number of halogens is 7. The number of thiophene rings is 1. The number of aromatic nitrogens is 2. The number of anilines is 1. The minimum absolute atomic E-state index is 0.0578. The lowest BCUT2D eigenvalue weighted by Gasteiger charge is -2.22. The summed E-state index contributed by atoms with van der Waals surface area (Å²) in [5, 5.41) is 9.54. The Morgan fingerprint density at radius 1 is 1.21 bits per heavy atom. The summed E-state index contributed by atoms with van der Waals surface area (Å²) >= 11 is 0.972. The molecule has 3 aromatic rings. The van der Waals surface area contributed by atoms with Gasteiger partial charge in [0.1, 0.15) is 18.8 Å². The van der Waals surface area contributed by atoms with E-state index in [9.17, 15) is 35.5 Å². The number of fused-ring (bicyclic) bond motifs is 1. The van der Waals surface area contributed by atoms with Gasteiger partial charge in [-0.25, -0.2) is 9.18 Å². The van der Waals surface area contributed by atoms with E-state index < -0.39 is 56.1 Å². The maximum atomic E-state index is 14.6. The third-order valence-corrected chi connectivity index (χ3v) is 7.54. The van der Waals surface area contributed by atoms with Gasteiger partial charge in [0.25, 0.3) is 5.89 Å². The summed E-state index contributed by atoms with van der Waals surface area (Å²) in [6.07, 6.45) is -10.2. The Balaban J connectivity index is 1.71. The molecule has 1 aliphatic rings. The smallest absolute Gasteiger partial charge is 0.378 e. The van der Waals surface area contributed by atoms with E-state index in [-0.39, 0.29) is 34.0 Å². The Morgan fingerprint density at radius 2 is 1.95 bits per heavy atom. The van der Waals surface area contributed by atoms with Crippen molar-refractivity contribution < 1.29 is 40.1 Å². The van der Waals surface area contributed by atoms with Crippen molar-refractivity contribution in [2.24, 2.45) is 0 Å². The first-order chi connectivity index (χ1) is 18.3. The van der Waals surface area contributed by atoms with Crippen LogP contribution in [0.4, 0.5) is 41.2 Å². The molecule has 1 fully saturated rings. The molecular weight excluding hydrogens is 555 g/mol. The first-order valence-electron chi connectivity index (χ1n) is 12.3. The zero-order valence-electron chi connectivity index (χ0n) is 20.9. The molecule has 0 radical (unpaired) electrons. The molecular formula is C24H26F7N5O2S. The highest BCUT2D eigenvalue weighted by atomic mass is 32.1. The number of nitrogens with one attached hydrogen (secondary N) is 2. The fourth-order valence-corrected chi connectivity index (χ4v) is 5.75. The fourth-order valence-electron chi connectivity index (χ4n) is 4.53. The molecule has 1 aliphatic heterocycles. The molecule has 4 rings (SSSR count). The van der Waals surface area contributed by atoms with Crippen molar-refractivity contribution in [1.82, 2.24) is 20.4 Å². The molecule has 0 bridgehead atoms. The number of benzene rings is 1. The van der Waals surface area contributed by atoms with Crippen LogP contribution in [0.3, 0.4) is 0 Å². The van der Waals surface area contributed by atoms with Crippen LogP contribution in [-0.2, 0) is 6.42 Å². The van der Waals surface area contributed by atoms with Crippen LogP contribution >= 0.6 is 11.3 Å². The molecule has 3 heterocycles. The van der Waals surface area contributed by atoms with Crippen LogP contribution < -0.4 is 10.6 Å². The van der Waals surface area contributed by atoms with Gasteiger partial charge in [-0.3, -0.25) is 0 Å². The van der Waals surface area contributed by atoms with Gasteiger partial charge in [-0.1, -0.05) is 37.6 Å². The van der Waals surface area contributed by atoms with Crippen LogP contribution in [0.15, 0.2) is 22.7 Å². The number of rotatable bonds is 10. The molecule has 0 unspecified atom stereocenters. The molecule has 2 N–H and O–H groups in total. The molecule has 1 saturated heterocycles. The van der Waals surface area contributed by atoms with Gasteiger partial charge in [0.15, 0.2) is 0 Å². The maximum Gasteiger partial charge on any atom is 0.406 e. The van der Waals surface area contributed by atoms with Crippen LogP contribution in [0.5, 0.6) is 0 Å². The van der Waals surface area contributed by atoms with Crippen molar-refractivity contribution in [2.75, 3.05) is 18.4 Å². The molecule has 214 valence electrons. The van der Waals surface area contributed by atoms with Gasteiger partial charge >= 0.3 is 18.4 Å². The number of amides is 2. The Bertz CT molecular complexity index is 1310. The van der Waals surface area contributed by atoms with E-state index in [2.05, 4.69) is 20.8 Å². The predicted molar refractivity (Wildman–Crippen MR) is 131 cm³/mol. The van der Waals surface area contributed by atoms with E-state index in [4.69, 9.17) is 4.52 Å². The van der Waals surface area contributed by atoms with Crippen molar-refractivity contribution in [1.29, 1.82) is 0 Å². The highest BCUT2D eigenvalue weighted by Crippen LogP contribution is 2.44. The number of carbonyl (C=O) groups is 1. The van der Waals surface area contributed by atoms with E-state index in [1.54, 1.807) is 19.1 Å². The Labute approximate surface area is 222 Å². The van der Waals surface area contributed by atoms with Crippen molar-refractivity contribution in [3.8, 4) is 10.7 Å². The molecule has 2 amide bonds. The lowest BCUT2D eigenvalue weighted by molar-refractivity contribution is -0.138. The summed E-state index contributed by atoms with van der Waals surface area (Å²) in [5.74, 6) is -0.426. The van der Waals surface area contributed by atoms with Gasteiger partial charge < -0.3 is 20.1 Å². The third-order valence-electron chi connectivity index (χ3n) is 6.26. The van der Waals surface area contributed by atoms with Crippen LogP contribution in [0.2, 0.25) is 0 Å². The second-order valence-electron chi connectivity index (χ2n) is 9.30. The van der Waals surface area contributed by atoms with Crippen LogP contribution in [0.25, 0.3) is 20.8 Å². The van der Waals surface area contributed by atoms with Crippen LogP contribution in [0.1, 0.15) is 50.6 Å². The number of nitrogens with zero attached hydrogens (tertiary/aromatic N) is 3. The Hall–Kier alpha value is -3.10. The summed E-state index contributed by atoms with van der Waals surface area (Å²) < 4.78 is 99.3. The van der Waals surface area contributed by atoms with E-state index in [1.807, 2.05) is 6.92 Å². The van der Waals surface area contributed by atoms with Crippen LogP contribution in [0, 0.1) is 0 Å². The molecule has 3 atom stereocenters. The second kappa shape index (κ2) is 11.2. The molecule has 0 saturated carbocycles. The van der Waals surface area contributed by atoms with Crippen molar-refractivity contribution in [3.63, 3.8) is 0 Å². The largest absolute Gasteiger partial charge is 0.406 e. The topological polar surface area (TPSA) is 83.3 Å². The monoisotopic (exact) mass is 581 g/mol. The highest BCUT2D eigenvalue weighted by molar-refractivity contribution is 7.23. The molecule has 7 nitrogen and oxygen atoms in total. The van der Waals surface area contributed by atoms with Crippen molar-refractivity contribution >= 4 is 33.1 Å². The minimum Gasteiger partial charge on any atom is -0.378 e. The Kier molecular flexibility index (Phi) is 8.28. The van der Waals surface area contributed by atoms with Gasteiger partial charge in [0, 0.05) is 0 Å². The molecule has 1 aromatic carbocycles. The lowest BCUT2D eigenvalue weighted by atomic mass is 10.0. The summed E-state index contributed by atoms with van der Waals surface area (Å²) in [7, 11) is 0. The first-order valence-corrected chi connectivity index (χ1v) is 13.1. The van der Waals surface area contributed by atoms with Crippen molar-refractivity contribution in [2.45, 2.75) is 70.1 Å². The predicted octanol–water partition coefficient (Wildman–Crippen LogP) is 7.01. The summed E-state index contributed by atoms with van der Waals surface area (Å²) in [6, 6.07) is 2.18. The van der Waals surface area contributed by atoms with E-state index in [0.717, 1.165) is 11.3 Å². The van der Waals surface area contributed by atoms with Gasteiger partial charge in [-0.05, 0) is 29.9 Å². The molecule has 2 aromatic heterocycles. The zero-order valence-corrected chi connectivity index (χ0v) is 21.7. The minimum atomic E-state index is -4.61. The normalized spacial score (nSPS) is 18.0. The second-order valence-corrected chi connectivity index (χ2v) is 10.3. The van der Waals surface area contributed by atoms with Gasteiger partial charge in [-0.15, -0.1) is 11.3 Å². The fraction of sp³-hybridized carbons (Fsp3) is 0.542. The molecule has 0 spiro atoms. The third kappa shape index (κ3) is 6.73. The van der Waals surface area contributed by atoms with Crippen molar-refractivity contribution in [3.05, 3.63) is 29.7 Å². The van der Waals surface area contributed by atoms with E-state index >= 15 is 0 Å². The van der Waals surface area contributed by atoms with E-state index in [1.165, 1.54) is 6.07 Å². The number of carbonyl (C=O) groups excluding carboxylic acids is 1. The standard InChI is InChI=1S/C24H26F7N5O2S/c1-3-6-15(14(25)4-2)32-16-8-5-7-12-13(9-23(26,27)28)19(39-18(12)16)20-34-21(38-35-20)17-10-36(22(37)33-17)11-24(29,30)31/h5,7-8,14-15,17,32H,3-4,6,9-11H2,1-2H3,(H,33,37)/t14-,15+,17+/m0/s1. The zero-order chi connectivity index (χ0) is 28.5. The quantitative estimate of drug-likeness (QED) is 0.252. The average molecular weight is 582 g/mol. The summed E-state index contributed by atoms with van der Waals surface area (Å²) in [5.41, 5.74) is 0.364. The SMILES string of the molecule is CCC[C@@H](Nc1cccc2c(CC(F)(F)F)c(-c3noc([C@H]4CN(CC(F)(F)F)C(=O)N4)n3)sc12)[C@@H](F)CC. The summed E-state index contributed by atoms with van der Waals surface area (Å²) in [4.78, 5) is 16.7. The summed E-state index contributed by atoms with van der Waals surface area (Å²) in [6.45, 7) is 1.74. The van der Waals surface area contributed by atoms with Gasteiger partial charge in [-0.2, -0.15) is 31.3 Å². The van der Waals surface area contributed by atoms with Gasteiger partial charge in [0.2, 0.25) is 5.82 Å². The first kappa shape index (κ1) is 28.9.